The van der Waals surface area contributed by atoms with Crippen LogP contribution in [0.2, 0.25) is 0 Å². The monoisotopic (exact) mass is 270 g/mol. The quantitative estimate of drug-likeness (QED) is 0.685. The van der Waals surface area contributed by atoms with Gasteiger partial charge in [0, 0.05) is 26.1 Å². The fourth-order valence-electron chi connectivity index (χ4n) is 2.71. The average molecular weight is 270 g/mol. The number of hydrogen-bond donors (Lipinski definition) is 1. The summed E-state index contributed by atoms with van der Waals surface area (Å²) in [5.41, 5.74) is 0. The Bertz CT molecular complexity index is 253. The number of likely N-dealkylation sites (N-methyl/N-ethyl adjacent to an activating group) is 1. The minimum absolute atomic E-state index is 0.278. The Morgan fingerprint density at radius 3 is 2.84 bits per heavy atom. The van der Waals surface area contributed by atoms with Gasteiger partial charge in [0.15, 0.2) is 0 Å². The van der Waals surface area contributed by atoms with E-state index in [1.807, 2.05) is 18.7 Å². The van der Waals surface area contributed by atoms with Crippen LogP contribution < -0.4 is 5.32 Å². The van der Waals surface area contributed by atoms with Crippen LogP contribution >= 0.6 is 0 Å². The van der Waals surface area contributed by atoms with Crippen LogP contribution in [0.3, 0.4) is 0 Å². The molecule has 19 heavy (non-hydrogen) atoms. The number of ether oxygens (including phenoxy) is 1. The third kappa shape index (κ3) is 5.91. The topological polar surface area (TPSA) is 41.6 Å². The van der Waals surface area contributed by atoms with Gasteiger partial charge >= 0.3 is 0 Å². The predicted octanol–water partition coefficient (Wildman–Crippen LogP) is 1.90. The molecule has 1 aliphatic rings. The maximum absolute atomic E-state index is 12.3. The molecule has 1 rings (SSSR count). The van der Waals surface area contributed by atoms with Crippen LogP contribution in [0, 0.1) is 11.8 Å². The van der Waals surface area contributed by atoms with Gasteiger partial charge in [-0.15, -0.1) is 0 Å². The van der Waals surface area contributed by atoms with Gasteiger partial charge in [-0.25, -0.2) is 0 Å². The summed E-state index contributed by atoms with van der Waals surface area (Å²) >= 11 is 0. The van der Waals surface area contributed by atoms with Crippen LogP contribution in [0.5, 0.6) is 0 Å². The maximum atomic E-state index is 12.3. The number of nitrogens with zero attached hydrogens (tertiary/aromatic N) is 1. The van der Waals surface area contributed by atoms with Crippen LogP contribution in [-0.4, -0.2) is 50.2 Å². The lowest BCUT2D eigenvalue weighted by Gasteiger charge is -2.30. The van der Waals surface area contributed by atoms with Crippen molar-refractivity contribution in [2.75, 3.05) is 39.4 Å². The van der Waals surface area contributed by atoms with Crippen LogP contribution in [0.1, 0.15) is 40.0 Å². The summed E-state index contributed by atoms with van der Waals surface area (Å²) in [4.78, 5) is 14.2. The standard InChI is InChI=1S/C15H30N2O2/c1-4-17(9-10-19-5-2)15(18)11-13(3)14-7-6-8-16-12-14/h13-14,16H,4-12H2,1-3H3. The van der Waals surface area contributed by atoms with Gasteiger partial charge in [-0.3, -0.25) is 4.79 Å². The molecular weight excluding hydrogens is 240 g/mol. The van der Waals surface area contributed by atoms with E-state index >= 15 is 0 Å². The molecule has 1 saturated heterocycles. The number of carbonyl (C=O) groups excluding carboxylic acids is 1. The average Bonchev–Trinajstić information content (AvgIpc) is 2.44. The molecular formula is C15H30N2O2. The number of piperidine rings is 1. The van der Waals surface area contributed by atoms with Crippen molar-refractivity contribution in [2.24, 2.45) is 11.8 Å². The molecule has 0 spiro atoms. The summed E-state index contributed by atoms with van der Waals surface area (Å²) in [5.74, 6) is 1.41. The van der Waals surface area contributed by atoms with Gasteiger partial charge in [-0.1, -0.05) is 6.92 Å². The molecule has 0 bridgehead atoms. The number of amides is 1. The first-order valence-electron chi connectivity index (χ1n) is 7.75. The Hall–Kier alpha value is -0.610. The van der Waals surface area contributed by atoms with Gasteiger partial charge < -0.3 is 15.0 Å². The first-order valence-corrected chi connectivity index (χ1v) is 7.75. The van der Waals surface area contributed by atoms with Gasteiger partial charge in [0.25, 0.3) is 0 Å². The van der Waals surface area contributed by atoms with Crippen molar-refractivity contribution in [3.05, 3.63) is 0 Å². The third-order valence-corrected chi connectivity index (χ3v) is 4.08. The van der Waals surface area contributed by atoms with E-state index in [0.717, 1.165) is 32.8 Å². The molecule has 1 amide bonds. The Kier molecular flexibility index (Phi) is 8.07. The highest BCUT2D eigenvalue weighted by Gasteiger charge is 2.23. The SMILES string of the molecule is CCOCCN(CC)C(=O)CC(C)C1CCCNC1. The first kappa shape index (κ1) is 16.4. The molecule has 0 aromatic heterocycles. The van der Waals surface area contributed by atoms with E-state index in [0.29, 0.717) is 24.9 Å². The van der Waals surface area contributed by atoms with E-state index in [4.69, 9.17) is 4.74 Å². The van der Waals surface area contributed by atoms with Crippen molar-refractivity contribution >= 4 is 5.91 Å². The Balaban J connectivity index is 2.33. The summed E-state index contributed by atoms with van der Waals surface area (Å²) in [7, 11) is 0. The molecule has 0 radical (unpaired) electrons. The van der Waals surface area contributed by atoms with Gasteiger partial charge in [-0.05, 0) is 51.6 Å². The maximum Gasteiger partial charge on any atom is 0.222 e. The fraction of sp³-hybridized carbons (Fsp3) is 0.933. The zero-order chi connectivity index (χ0) is 14.1. The zero-order valence-electron chi connectivity index (χ0n) is 12.8. The molecule has 2 atom stereocenters. The highest BCUT2D eigenvalue weighted by atomic mass is 16.5. The molecule has 0 aliphatic carbocycles. The molecule has 2 unspecified atom stereocenters. The van der Waals surface area contributed by atoms with Crippen molar-refractivity contribution < 1.29 is 9.53 Å². The van der Waals surface area contributed by atoms with E-state index in [1.54, 1.807) is 0 Å². The van der Waals surface area contributed by atoms with Gasteiger partial charge in [-0.2, -0.15) is 0 Å². The van der Waals surface area contributed by atoms with E-state index < -0.39 is 0 Å². The molecule has 1 fully saturated rings. The van der Waals surface area contributed by atoms with Gasteiger partial charge in [0.05, 0.1) is 6.61 Å². The fourth-order valence-corrected chi connectivity index (χ4v) is 2.71. The van der Waals surface area contributed by atoms with E-state index in [2.05, 4.69) is 12.2 Å². The second-order valence-electron chi connectivity index (χ2n) is 5.46. The van der Waals surface area contributed by atoms with Crippen LogP contribution in [-0.2, 0) is 9.53 Å². The van der Waals surface area contributed by atoms with Crippen LogP contribution in [0.15, 0.2) is 0 Å². The normalized spacial score (nSPS) is 21.1. The molecule has 0 aromatic rings. The first-order chi connectivity index (χ1) is 9.19. The highest BCUT2D eigenvalue weighted by Crippen LogP contribution is 2.23. The highest BCUT2D eigenvalue weighted by molar-refractivity contribution is 5.76. The molecule has 1 N–H and O–H groups in total. The summed E-state index contributed by atoms with van der Waals surface area (Å²) in [6, 6.07) is 0. The van der Waals surface area contributed by atoms with Gasteiger partial charge in [0.1, 0.15) is 0 Å². The Morgan fingerprint density at radius 2 is 2.26 bits per heavy atom. The number of hydrogen-bond acceptors (Lipinski definition) is 3. The number of rotatable bonds is 8. The van der Waals surface area contributed by atoms with Crippen LogP contribution in [0.25, 0.3) is 0 Å². The van der Waals surface area contributed by atoms with E-state index in [9.17, 15) is 4.79 Å². The Morgan fingerprint density at radius 1 is 1.47 bits per heavy atom. The van der Waals surface area contributed by atoms with E-state index in [-0.39, 0.29) is 5.91 Å². The second kappa shape index (κ2) is 9.32. The van der Waals surface area contributed by atoms with Gasteiger partial charge in [0.2, 0.25) is 5.91 Å². The molecule has 1 heterocycles. The van der Waals surface area contributed by atoms with Crippen molar-refractivity contribution in [1.82, 2.24) is 10.2 Å². The minimum atomic E-state index is 0.278. The largest absolute Gasteiger partial charge is 0.380 e. The number of carbonyl (C=O) groups is 1. The smallest absolute Gasteiger partial charge is 0.222 e. The van der Waals surface area contributed by atoms with Crippen LogP contribution in [0.4, 0.5) is 0 Å². The number of nitrogens with one attached hydrogen (secondary N) is 1. The van der Waals surface area contributed by atoms with Crippen molar-refractivity contribution in [2.45, 2.75) is 40.0 Å². The summed E-state index contributed by atoms with van der Waals surface area (Å²) in [6.45, 7) is 11.3. The van der Waals surface area contributed by atoms with E-state index in [1.165, 1.54) is 12.8 Å². The molecule has 1 aliphatic heterocycles. The lowest BCUT2D eigenvalue weighted by molar-refractivity contribution is -0.133. The molecule has 4 heteroatoms. The Labute approximate surface area is 117 Å². The van der Waals surface area contributed by atoms with Crippen molar-refractivity contribution in [1.29, 1.82) is 0 Å². The molecule has 112 valence electrons. The third-order valence-electron chi connectivity index (χ3n) is 4.08. The zero-order valence-corrected chi connectivity index (χ0v) is 12.8. The van der Waals surface area contributed by atoms with Crippen molar-refractivity contribution in [3.8, 4) is 0 Å². The predicted molar refractivity (Wildman–Crippen MR) is 78.1 cm³/mol. The summed E-state index contributed by atoms with van der Waals surface area (Å²) in [5, 5.41) is 3.43. The molecule has 0 aromatic carbocycles. The minimum Gasteiger partial charge on any atom is -0.380 e. The molecule has 4 nitrogen and oxygen atoms in total. The second-order valence-corrected chi connectivity index (χ2v) is 5.46. The summed E-state index contributed by atoms with van der Waals surface area (Å²) in [6.07, 6.45) is 3.17. The lowest BCUT2D eigenvalue weighted by atomic mass is 9.85. The molecule has 0 saturated carbocycles. The summed E-state index contributed by atoms with van der Waals surface area (Å²) < 4.78 is 5.33. The lowest BCUT2D eigenvalue weighted by Crippen LogP contribution is -2.38. The van der Waals surface area contributed by atoms with Crippen molar-refractivity contribution in [3.63, 3.8) is 0 Å².